The predicted molar refractivity (Wildman–Crippen MR) is 81.3 cm³/mol. The van der Waals surface area contributed by atoms with Gasteiger partial charge in [-0.25, -0.2) is 4.98 Å². The molecule has 0 amide bonds. The van der Waals surface area contributed by atoms with Crippen LogP contribution in [0, 0.1) is 0 Å². The highest BCUT2D eigenvalue weighted by molar-refractivity contribution is 5.80. The van der Waals surface area contributed by atoms with Crippen molar-refractivity contribution in [1.82, 2.24) is 14.5 Å². The zero-order valence-corrected chi connectivity index (χ0v) is 12.2. The molecule has 0 aliphatic carbocycles. The van der Waals surface area contributed by atoms with Crippen molar-refractivity contribution in [2.45, 2.75) is 26.3 Å². The van der Waals surface area contributed by atoms with Gasteiger partial charge in [-0.3, -0.25) is 4.98 Å². The first kappa shape index (κ1) is 13.4. The van der Waals surface area contributed by atoms with Crippen molar-refractivity contribution in [1.29, 1.82) is 0 Å². The maximum atomic E-state index is 9.73. The Bertz CT molecular complexity index is 816. The van der Waals surface area contributed by atoms with E-state index in [1.165, 1.54) is 12.1 Å². The lowest BCUT2D eigenvalue weighted by Gasteiger charge is -2.24. The average molecular weight is 283 g/mol. The second-order valence-electron chi connectivity index (χ2n) is 6.01. The van der Waals surface area contributed by atoms with Gasteiger partial charge in [0.05, 0.1) is 11.7 Å². The fraction of sp³-hybridized carbons (Fsp3) is 0.250. The molecule has 3 rings (SSSR count). The number of benzene rings is 1. The minimum absolute atomic E-state index is 0.140. The Kier molecular flexibility index (Phi) is 2.86. The van der Waals surface area contributed by atoms with Crippen molar-refractivity contribution in [3.63, 3.8) is 0 Å². The van der Waals surface area contributed by atoms with Crippen molar-refractivity contribution < 1.29 is 10.2 Å². The highest BCUT2D eigenvalue weighted by atomic mass is 16.3. The molecule has 0 saturated carbocycles. The molecule has 2 heterocycles. The molecule has 5 nitrogen and oxygen atoms in total. The number of phenolic OH excluding ortho intramolecular Hbond substituents is 2. The van der Waals surface area contributed by atoms with Crippen LogP contribution in [0.2, 0.25) is 0 Å². The SMILES string of the molecule is CC(C)(C)n1c(-c2ccc(O)c(O)c2)nc2cnccc21. The van der Waals surface area contributed by atoms with E-state index in [-0.39, 0.29) is 17.0 Å². The summed E-state index contributed by atoms with van der Waals surface area (Å²) in [5.41, 5.74) is 2.35. The van der Waals surface area contributed by atoms with Crippen LogP contribution in [-0.4, -0.2) is 24.7 Å². The molecular formula is C16H17N3O2. The molecule has 0 saturated heterocycles. The normalized spacial score (nSPS) is 12.0. The van der Waals surface area contributed by atoms with E-state index in [4.69, 9.17) is 0 Å². The second-order valence-corrected chi connectivity index (χ2v) is 6.01. The Morgan fingerprint density at radius 2 is 1.81 bits per heavy atom. The van der Waals surface area contributed by atoms with Crippen LogP contribution in [-0.2, 0) is 5.54 Å². The fourth-order valence-electron chi connectivity index (χ4n) is 2.47. The van der Waals surface area contributed by atoms with Gasteiger partial charge in [-0.05, 0) is 45.0 Å². The average Bonchev–Trinajstić information content (AvgIpc) is 2.81. The summed E-state index contributed by atoms with van der Waals surface area (Å²) in [5, 5.41) is 19.2. The molecule has 2 aromatic heterocycles. The molecular weight excluding hydrogens is 266 g/mol. The van der Waals surface area contributed by atoms with Crippen molar-refractivity contribution >= 4 is 11.0 Å². The molecule has 108 valence electrons. The smallest absolute Gasteiger partial charge is 0.158 e. The summed E-state index contributed by atoms with van der Waals surface area (Å²) in [6, 6.07) is 6.66. The monoisotopic (exact) mass is 283 g/mol. The number of fused-ring (bicyclic) bond motifs is 1. The molecule has 3 aromatic rings. The predicted octanol–water partition coefficient (Wildman–Crippen LogP) is 3.26. The summed E-state index contributed by atoms with van der Waals surface area (Å²) >= 11 is 0. The number of aromatic hydroxyl groups is 2. The third-order valence-corrected chi connectivity index (χ3v) is 3.36. The van der Waals surface area contributed by atoms with Crippen LogP contribution in [0.4, 0.5) is 0 Å². The van der Waals surface area contributed by atoms with Crippen LogP contribution in [0.3, 0.4) is 0 Å². The minimum Gasteiger partial charge on any atom is -0.504 e. The topological polar surface area (TPSA) is 71.2 Å². The molecule has 0 unspecified atom stereocenters. The number of aromatic nitrogens is 3. The molecule has 5 heteroatoms. The molecule has 2 N–H and O–H groups in total. The van der Waals surface area contributed by atoms with E-state index in [1.54, 1.807) is 18.5 Å². The number of rotatable bonds is 1. The highest BCUT2D eigenvalue weighted by Crippen LogP contribution is 2.34. The standard InChI is InChI=1S/C16H17N3O2/c1-16(2,3)19-12-6-7-17-9-11(12)18-15(19)10-4-5-13(20)14(21)8-10/h4-9,20-21H,1-3H3. The van der Waals surface area contributed by atoms with Crippen LogP contribution in [0.1, 0.15) is 20.8 Å². The number of pyridine rings is 1. The molecule has 21 heavy (non-hydrogen) atoms. The first-order valence-electron chi connectivity index (χ1n) is 6.73. The summed E-state index contributed by atoms with van der Waals surface area (Å²) in [7, 11) is 0. The largest absolute Gasteiger partial charge is 0.504 e. The third-order valence-electron chi connectivity index (χ3n) is 3.36. The van der Waals surface area contributed by atoms with Crippen LogP contribution in [0.15, 0.2) is 36.7 Å². The van der Waals surface area contributed by atoms with E-state index in [9.17, 15) is 10.2 Å². The molecule has 0 radical (unpaired) electrons. The van der Waals surface area contributed by atoms with Gasteiger partial charge < -0.3 is 14.8 Å². The van der Waals surface area contributed by atoms with Crippen molar-refractivity contribution in [3.05, 3.63) is 36.7 Å². The Balaban J connectivity index is 2.33. The summed E-state index contributed by atoms with van der Waals surface area (Å²) in [4.78, 5) is 8.74. The fourth-order valence-corrected chi connectivity index (χ4v) is 2.47. The Labute approximate surface area is 122 Å². The van der Waals surface area contributed by atoms with Gasteiger partial charge in [0, 0.05) is 17.3 Å². The number of imidazole rings is 1. The molecule has 0 aliphatic rings. The molecule has 1 aromatic carbocycles. The summed E-state index contributed by atoms with van der Waals surface area (Å²) < 4.78 is 2.11. The van der Waals surface area contributed by atoms with Gasteiger partial charge in [0.25, 0.3) is 0 Å². The third kappa shape index (κ3) is 2.20. The summed E-state index contributed by atoms with van der Waals surface area (Å²) in [6.07, 6.45) is 3.46. The van der Waals surface area contributed by atoms with E-state index in [0.29, 0.717) is 0 Å². The van der Waals surface area contributed by atoms with Gasteiger partial charge in [-0.2, -0.15) is 0 Å². The van der Waals surface area contributed by atoms with Crippen LogP contribution in [0.25, 0.3) is 22.4 Å². The van der Waals surface area contributed by atoms with Gasteiger partial charge in [0.15, 0.2) is 11.5 Å². The quantitative estimate of drug-likeness (QED) is 0.672. The van der Waals surface area contributed by atoms with E-state index in [2.05, 4.69) is 35.3 Å². The Hall–Kier alpha value is -2.56. The van der Waals surface area contributed by atoms with E-state index in [1.807, 2.05) is 6.07 Å². The van der Waals surface area contributed by atoms with Crippen molar-refractivity contribution in [2.24, 2.45) is 0 Å². The Morgan fingerprint density at radius 1 is 1.05 bits per heavy atom. The van der Waals surface area contributed by atoms with Crippen LogP contribution >= 0.6 is 0 Å². The van der Waals surface area contributed by atoms with E-state index < -0.39 is 0 Å². The number of hydrogen-bond donors (Lipinski definition) is 2. The van der Waals surface area contributed by atoms with Crippen LogP contribution < -0.4 is 0 Å². The van der Waals surface area contributed by atoms with Gasteiger partial charge in [-0.15, -0.1) is 0 Å². The zero-order chi connectivity index (χ0) is 15.2. The molecule has 0 atom stereocenters. The number of phenols is 2. The lowest BCUT2D eigenvalue weighted by molar-refractivity contribution is 0.402. The molecule has 0 spiro atoms. The molecule has 0 fully saturated rings. The lowest BCUT2D eigenvalue weighted by atomic mass is 10.1. The maximum Gasteiger partial charge on any atom is 0.158 e. The molecule has 0 aliphatic heterocycles. The van der Waals surface area contributed by atoms with E-state index >= 15 is 0 Å². The summed E-state index contributed by atoms with van der Waals surface area (Å²) in [6.45, 7) is 6.29. The Morgan fingerprint density at radius 3 is 2.48 bits per heavy atom. The first-order chi connectivity index (χ1) is 9.88. The van der Waals surface area contributed by atoms with Crippen molar-refractivity contribution in [3.8, 4) is 22.9 Å². The van der Waals surface area contributed by atoms with Gasteiger partial charge in [0.2, 0.25) is 0 Å². The van der Waals surface area contributed by atoms with Gasteiger partial charge in [-0.1, -0.05) is 0 Å². The summed E-state index contributed by atoms with van der Waals surface area (Å²) in [5.74, 6) is 0.442. The van der Waals surface area contributed by atoms with Crippen LogP contribution in [0.5, 0.6) is 11.5 Å². The minimum atomic E-state index is -0.182. The number of hydrogen-bond acceptors (Lipinski definition) is 4. The van der Waals surface area contributed by atoms with E-state index in [0.717, 1.165) is 22.4 Å². The number of nitrogens with zero attached hydrogens (tertiary/aromatic N) is 3. The van der Waals surface area contributed by atoms with Gasteiger partial charge >= 0.3 is 0 Å². The maximum absolute atomic E-state index is 9.73. The zero-order valence-electron chi connectivity index (χ0n) is 12.2. The lowest BCUT2D eigenvalue weighted by Crippen LogP contribution is -2.22. The first-order valence-corrected chi connectivity index (χ1v) is 6.73. The van der Waals surface area contributed by atoms with Gasteiger partial charge in [0.1, 0.15) is 11.3 Å². The second kappa shape index (κ2) is 4.48. The van der Waals surface area contributed by atoms with Crippen molar-refractivity contribution in [2.75, 3.05) is 0 Å². The highest BCUT2D eigenvalue weighted by Gasteiger charge is 2.22. The molecule has 0 bridgehead atoms.